The summed E-state index contributed by atoms with van der Waals surface area (Å²) in [5, 5.41) is 3.64. The topological polar surface area (TPSA) is 57.8 Å². The molecule has 1 unspecified atom stereocenters. The lowest BCUT2D eigenvalue weighted by Gasteiger charge is -2.07. The van der Waals surface area contributed by atoms with E-state index in [1.54, 1.807) is 0 Å². The Balaban J connectivity index is 1.95. The average molecular weight is 375 g/mol. The van der Waals surface area contributed by atoms with Crippen LogP contribution in [-0.4, -0.2) is 26.0 Å². The number of carbonyl (C=O) groups is 1. The monoisotopic (exact) mass is 373 g/mol. The minimum absolute atomic E-state index is 0.0186. The lowest BCUT2D eigenvalue weighted by atomic mass is 10.3. The number of nitrogens with zero attached hydrogens (tertiary/aromatic N) is 1. The number of aromatic amines is 1. The van der Waals surface area contributed by atoms with Crippen molar-refractivity contribution in [2.45, 2.75) is 17.8 Å². The second kappa shape index (κ2) is 6.33. The molecular formula is C12H13Br2N3O. The largest absolute Gasteiger partial charge is 0.348 e. The molecule has 96 valence electrons. The van der Waals surface area contributed by atoms with Crippen LogP contribution in [0.25, 0.3) is 11.0 Å². The van der Waals surface area contributed by atoms with Gasteiger partial charge >= 0.3 is 0 Å². The van der Waals surface area contributed by atoms with Gasteiger partial charge in [-0.3, -0.25) is 4.79 Å². The molecule has 1 aromatic carbocycles. The summed E-state index contributed by atoms with van der Waals surface area (Å²) in [6.45, 7) is 0.415. The summed E-state index contributed by atoms with van der Waals surface area (Å²) in [7, 11) is 0. The minimum atomic E-state index is -0.166. The van der Waals surface area contributed by atoms with E-state index in [1.807, 2.05) is 24.3 Å². The summed E-state index contributed by atoms with van der Waals surface area (Å²) in [4.78, 5) is 19.1. The first kappa shape index (κ1) is 13.5. The van der Waals surface area contributed by atoms with Crippen LogP contribution in [0.4, 0.5) is 0 Å². The lowest BCUT2D eigenvalue weighted by Crippen LogP contribution is -2.31. The van der Waals surface area contributed by atoms with E-state index < -0.39 is 0 Å². The van der Waals surface area contributed by atoms with Gasteiger partial charge in [0.15, 0.2) is 0 Å². The molecular weight excluding hydrogens is 362 g/mol. The zero-order valence-corrected chi connectivity index (χ0v) is 12.8. The first-order valence-corrected chi connectivity index (χ1v) is 7.66. The van der Waals surface area contributed by atoms with Crippen molar-refractivity contribution in [3.8, 4) is 0 Å². The molecule has 2 N–H and O–H groups in total. The highest BCUT2D eigenvalue weighted by molar-refractivity contribution is 9.10. The summed E-state index contributed by atoms with van der Waals surface area (Å²) >= 11 is 6.65. The molecule has 2 aromatic rings. The predicted octanol–water partition coefficient (Wildman–Crippen LogP) is 2.73. The molecule has 0 saturated carbocycles. The van der Waals surface area contributed by atoms with Crippen LogP contribution < -0.4 is 5.32 Å². The van der Waals surface area contributed by atoms with E-state index in [0.717, 1.165) is 28.6 Å². The molecule has 6 heteroatoms. The van der Waals surface area contributed by atoms with Gasteiger partial charge in [0.2, 0.25) is 5.91 Å². The first-order chi connectivity index (χ1) is 8.70. The molecule has 0 aliphatic carbocycles. The number of para-hydroxylation sites is 2. The zero-order chi connectivity index (χ0) is 13.0. The maximum atomic E-state index is 11.7. The smallest absolute Gasteiger partial charge is 0.234 e. The Morgan fingerprint density at radius 3 is 2.94 bits per heavy atom. The predicted molar refractivity (Wildman–Crippen MR) is 79.1 cm³/mol. The van der Waals surface area contributed by atoms with E-state index in [9.17, 15) is 4.79 Å². The number of H-pyrrole nitrogens is 1. The van der Waals surface area contributed by atoms with Gasteiger partial charge in [0, 0.05) is 5.33 Å². The van der Waals surface area contributed by atoms with Crippen molar-refractivity contribution in [3.63, 3.8) is 0 Å². The maximum absolute atomic E-state index is 11.7. The summed E-state index contributed by atoms with van der Waals surface area (Å²) in [6.07, 6.45) is 0.756. The maximum Gasteiger partial charge on any atom is 0.234 e. The van der Waals surface area contributed by atoms with Crippen LogP contribution in [0.1, 0.15) is 12.2 Å². The highest BCUT2D eigenvalue weighted by atomic mass is 79.9. The average Bonchev–Trinajstić information content (AvgIpc) is 2.78. The number of hydrogen-bond acceptors (Lipinski definition) is 2. The van der Waals surface area contributed by atoms with Crippen LogP contribution in [0.15, 0.2) is 24.3 Å². The molecule has 0 spiro atoms. The van der Waals surface area contributed by atoms with Crippen molar-refractivity contribution < 1.29 is 4.79 Å². The third-order valence-electron chi connectivity index (χ3n) is 2.52. The molecule has 18 heavy (non-hydrogen) atoms. The molecule has 2 rings (SSSR count). The first-order valence-electron chi connectivity index (χ1n) is 5.62. The number of rotatable bonds is 5. The van der Waals surface area contributed by atoms with Crippen LogP contribution in [0.3, 0.4) is 0 Å². The third kappa shape index (κ3) is 3.32. The van der Waals surface area contributed by atoms with Gasteiger partial charge in [-0.25, -0.2) is 4.98 Å². The van der Waals surface area contributed by atoms with Crippen molar-refractivity contribution in [1.29, 1.82) is 0 Å². The lowest BCUT2D eigenvalue weighted by molar-refractivity contribution is -0.120. The van der Waals surface area contributed by atoms with Gasteiger partial charge < -0.3 is 10.3 Å². The molecule has 0 bridgehead atoms. The fraction of sp³-hybridized carbons (Fsp3) is 0.333. The molecule has 1 heterocycles. The van der Waals surface area contributed by atoms with Crippen molar-refractivity contribution in [1.82, 2.24) is 15.3 Å². The van der Waals surface area contributed by atoms with Gasteiger partial charge in [-0.1, -0.05) is 44.0 Å². The van der Waals surface area contributed by atoms with E-state index in [0.29, 0.717) is 6.54 Å². The Morgan fingerprint density at radius 1 is 1.44 bits per heavy atom. The van der Waals surface area contributed by atoms with Crippen LogP contribution in [-0.2, 0) is 11.3 Å². The summed E-state index contributed by atoms with van der Waals surface area (Å²) in [5.41, 5.74) is 1.90. The minimum Gasteiger partial charge on any atom is -0.348 e. The number of nitrogens with one attached hydrogen (secondary N) is 2. The molecule has 4 nitrogen and oxygen atoms in total. The molecule has 0 fully saturated rings. The highest BCUT2D eigenvalue weighted by Gasteiger charge is 2.13. The normalized spacial score (nSPS) is 12.6. The molecule has 1 aromatic heterocycles. The number of hydrogen-bond donors (Lipinski definition) is 2. The number of halogens is 2. The van der Waals surface area contributed by atoms with Gasteiger partial charge in [0.1, 0.15) is 5.82 Å². The van der Waals surface area contributed by atoms with Crippen molar-refractivity contribution in [3.05, 3.63) is 30.1 Å². The molecule has 0 saturated heterocycles. The molecule has 1 atom stereocenters. The number of amides is 1. The standard InChI is InChI=1S/C12H13Br2N3O/c13-6-5-8(14)12(18)15-7-11-16-9-3-1-2-4-10(9)17-11/h1-4,8H,5-7H2,(H,15,18)(H,16,17). The molecule has 0 aliphatic rings. The van der Waals surface area contributed by atoms with E-state index in [-0.39, 0.29) is 10.7 Å². The third-order valence-corrected chi connectivity index (χ3v) is 3.85. The number of benzene rings is 1. The van der Waals surface area contributed by atoms with Gasteiger partial charge in [-0.05, 0) is 18.6 Å². The van der Waals surface area contributed by atoms with E-state index >= 15 is 0 Å². The Kier molecular flexibility index (Phi) is 4.77. The number of aromatic nitrogens is 2. The van der Waals surface area contributed by atoms with Crippen molar-refractivity contribution >= 4 is 48.8 Å². The van der Waals surface area contributed by atoms with E-state index in [1.165, 1.54) is 0 Å². The highest BCUT2D eigenvalue weighted by Crippen LogP contribution is 2.11. The second-order valence-electron chi connectivity index (χ2n) is 3.86. The van der Waals surface area contributed by atoms with E-state index in [4.69, 9.17) is 0 Å². The van der Waals surface area contributed by atoms with Crippen LogP contribution in [0.5, 0.6) is 0 Å². The number of imidazole rings is 1. The quantitative estimate of drug-likeness (QED) is 0.790. The second-order valence-corrected chi connectivity index (χ2v) is 5.76. The van der Waals surface area contributed by atoms with Crippen LogP contribution in [0.2, 0.25) is 0 Å². The molecule has 0 aliphatic heterocycles. The molecule has 0 radical (unpaired) electrons. The van der Waals surface area contributed by atoms with Gasteiger partial charge in [-0.15, -0.1) is 0 Å². The Bertz CT molecular complexity index is 508. The fourth-order valence-corrected chi connectivity index (χ4v) is 3.06. The Labute approximate surface area is 122 Å². The SMILES string of the molecule is O=C(NCc1nc2ccccc2[nH]1)C(Br)CCBr. The van der Waals surface area contributed by atoms with Crippen LogP contribution >= 0.6 is 31.9 Å². The van der Waals surface area contributed by atoms with Crippen LogP contribution in [0, 0.1) is 0 Å². The summed E-state index contributed by atoms with van der Waals surface area (Å²) in [5.74, 6) is 0.748. The van der Waals surface area contributed by atoms with Gasteiger partial charge in [-0.2, -0.15) is 0 Å². The number of carbonyl (C=O) groups excluding carboxylic acids is 1. The molecule has 1 amide bonds. The fourth-order valence-electron chi connectivity index (χ4n) is 1.60. The Morgan fingerprint density at radius 2 is 2.22 bits per heavy atom. The summed E-state index contributed by atoms with van der Waals surface area (Å²) in [6, 6.07) is 7.80. The van der Waals surface area contributed by atoms with Gasteiger partial charge in [0.05, 0.1) is 22.4 Å². The summed E-state index contributed by atoms with van der Waals surface area (Å²) < 4.78 is 0. The van der Waals surface area contributed by atoms with Crippen molar-refractivity contribution in [2.75, 3.05) is 5.33 Å². The van der Waals surface area contributed by atoms with Gasteiger partial charge in [0.25, 0.3) is 0 Å². The van der Waals surface area contributed by atoms with Crippen molar-refractivity contribution in [2.24, 2.45) is 0 Å². The Hall–Kier alpha value is -0.880. The number of fused-ring (bicyclic) bond motifs is 1. The van der Waals surface area contributed by atoms with E-state index in [2.05, 4.69) is 47.1 Å². The number of alkyl halides is 2. The zero-order valence-electron chi connectivity index (χ0n) is 9.62.